The zero-order chi connectivity index (χ0) is 17.6. The number of carbonyl (C=O) groups excluding carboxylic acids is 1. The fourth-order valence-corrected chi connectivity index (χ4v) is 4.05. The monoisotopic (exact) mass is 395 g/mol. The van der Waals surface area contributed by atoms with Crippen LogP contribution in [0.2, 0.25) is 5.02 Å². The molecule has 1 saturated carbocycles. The Morgan fingerprint density at radius 1 is 1.27 bits per heavy atom. The van der Waals surface area contributed by atoms with Gasteiger partial charge in [0.15, 0.2) is 0 Å². The molecule has 7 nitrogen and oxygen atoms in total. The third kappa shape index (κ3) is 2.95. The molecule has 2 aromatic rings. The van der Waals surface area contributed by atoms with Crippen LogP contribution in [0.5, 0.6) is 0 Å². The van der Waals surface area contributed by atoms with Gasteiger partial charge in [0.1, 0.15) is 28.7 Å². The zero-order valence-corrected chi connectivity index (χ0v) is 15.8. The number of fused-ring (bicyclic) bond motifs is 2. The molecule has 0 bridgehead atoms. The number of halogens is 2. The van der Waals surface area contributed by atoms with E-state index in [0.717, 1.165) is 32.1 Å². The molecule has 26 heavy (non-hydrogen) atoms. The largest absolute Gasteiger partial charge is 0.336 e. The van der Waals surface area contributed by atoms with Crippen molar-refractivity contribution in [3.8, 4) is 0 Å². The van der Waals surface area contributed by atoms with Gasteiger partial charge >= 0.3 is 0 Å². The Bertz CT molecular complexity index is 922. The van der Waals surface area contributed by atoms with Gasteiger partial charge in [-0.1, -0.05) is 18.0 Å². The van der Waals surface area contributed by atoms with Crippen molar-refractivity contribution in [3.63, 3.8) is 0 Å². The Hall–Kier alpha value is -2.12. The highest BCUT2D eigenvalue weighted by molar-refractivity contribution is 6.34. The summed E-state index contributed by atoms with van der Waals surface area (Å²) in [4.78, 5) is 33.9. The van der Waals surface area contributed by atoms with Gasteiger partial charge in [-0.25, -0.2) is 9.97 Å². The Balaban J connectivity index is 0.00000196. The maximum absolute atomic E-state index is 13.1. The summed E-state index contributed by atoms with van der Waals surface area (Å²) in [5, 5.41) is 6.27. The van der Waals surface area contributed by atoms with Crippen LogP contribution in [0.25, 0.3) is 0 Å². The molecule has 0 unspecified atom stereocenters. The lowest BCUT2D eigenvalue weighted by Gasteiger charge is -2.35. The van der Waals surface area contributed by atoms with Crippen molar-refractivity contribution in [2.45, 2.75) is 44.7 Å². The van der Waals surface area contributed by atoms with Gasteiger partial charge in [-0.05, 0) is 44.7 Å². The van der Waals surface area contributed by atoms with Crippen LogP contribution in [-0.2, 0) is 5.66 Å². The summed E-state index contributed by atoms with van der Waals surface area (Å²) in [7, 11) is 0. The van der Waals surface area contributed by atoms with Crippen LogP contribution in [0, 0.1) is 6.92 Å². The molecule has 9 heteroatoms. The van der Waals surface area contributed by atoms with Gasteiger partial charge in [-0.15, -0.1) is 12.4 Å². The highest BCUT2D eigenvalue weighted by atomic mass is 35.5. The van der Waals surface area contributed by atoms with Crippen LogP contribution in [0.4, 0.5) is 11.5 Å². The fraction of sp³-hybridized carbons (Fsp3) is 0.412. The van der Waals surface area contributed by atoms with Gasteiger partial charge in [0.2, 0.25) is 0 Å². The normalized spacial score (nSPS) is 17.4. The number of hydrogen-bond donors (Lipinski definition) is 2. The van der Waals surface area contributed by atoms with Gasteiger partial charge in [0.05, 0.1) is 5.02 Å². The molecule has 1 aliphatic carbocycles. The average molecular weight is 396 g/mol. The van der Waals surface area contributed by atoms with Crippen molar-refractivity contribution in [1.29, 1.82) is 0 Å². The maximum Gasteiger partial charge on any atom is 0.276 e. The van der Waals surface area contributed by atoms with E-state index >= 15 is 0 Å². The second-order valence-electron chi connectivity index (χ2n) is 6.56. The molecule has 0 atom stereocenters. The number of aromatic nitrogens is 3. The molecule has 3 heterocycles. The van der Waals surface area contributed by atoms with Gasteiger partial charge in [-0.3, -0.25) is 14.2 Å². The number of hydrogen-bond acceptors (Lipinski definition) is 5. The Labute approximate surface area is 161 Å². The van der Waals surface area contributed by atoms with E-state index in [4.69, 9.17) is 11.6 Å². The lowest BCUT2D eigenvalue weighted by molar-refractivity contribution is 0.0877. The maximum atomic E-state index is 13.1. The van der Waals surface area contributed by atoms with Crippen LogP contribution in [0.15, 0.2) is 23.1 Å². The number of amides is 1. The van der Waals surface area contributed by atoms with Crippen LogP contribution in [0.1, 0.15) is 48.4 Å². The molecular formula is C17H19Cl2N5O2. The number of aryl methyl sites for hydroxylation is 1. The second kappa shape index (κ2) is 6.89. The summed E-state index contributed by atoms with van der Waals surface area (Å²) in [6.45, 7) is 1.77. The molecule has 1 aliphatic heterocycles. The predicted octanol–water partition coefficient (Wildman–Crippen LogP) is 3.13. The topological polar surface area (TPSA) is 88.9 Å². The van der Waals surface area contributed by atoms with E-state index in [1.54, 1.807) is 23.8 Å². The first kappa shape index (κ1) is 18.7. The quantitative estimate of drug-likeness (QED) is 0.814. The third-order valence-corrected chi connectivity index (χ3v) is 5.15. The third-order valence-electron chi connectivity index (χ3n) is 4.86. The van der Waals surface area contributed by atoms with Crippen molar-refractivity contribution in [2.24, 2.45) is 0 Å². The molecule has 0 saturated heterocycles. The van der Waals surface area contributed by atoms with Crippen molar-refractivity contribution in [2.75, 3.05) is 5.32 Å². The van der Waals surface area contributed by atoms with E-state index in [0.29, 0.717) is 17.3 Å². The first-order chi connectivity index (χ1) is 12.0. The molecule has 138 valence electrons. The predicted molar refractivity (Wildman–Crippen MR) is 102 cm³/mol. The minimum atomic E-state index is -0.662. The van der Waals surface area contributed by atoms with E-state index < -0.39 is 5.66 Å². The van der Waals surface area contributed by atoms with Crippen molar-refractivity contribution in [1.82, 2.24) is 19.9 Å². The summed E-state index contributed by atoms with van der Waals surface area (Å²) >= 11 is 6.35. The van der Waals surface area contributed by atoms with Crippen LogP contribution >= 0.6 is 24.0 Å². The molecule has 0 aromatic carbocycles. The van der Waals surface area contributed by atoms with E-state index in [-0.39, 0.29) is 34.6 Å². The number of nitrogens with zero attached hydrogens (tertiary/aromatic N) is 3. The van der Waals surface area contributed by atoms with E-state index in [9.17, 15) is 9.59 Å². The van der Waals surface area contributed by atoms with Gasteiger partial charge < -0.3 is 10.6 Å². The van der Waals surface area contributed by atoms with Gasteiger partial charge in [-0.2, -0.15) is 0 Å². The summed E-state index contributed by atoms with van der Waals surface area (Å²) in [5.41, 5.74) is -0.382. The number of rotatable bonds is 2. The smallest absolute Gasteiger partial charge is 0.276 e. The SMILES string of the molecule is Cc1nccc(Nc2cc(Cl)c3n(c2=O)C2(CCCCC2)NC3=O)n1.Cl. The van der Waals surface area contributed by atoms with Gasteiger partial charge in [0, 0.05) is 6.20 Å². The zero-order valence-electron chi connectivity index (χ0n) is 14.2. The molecular weight excluding hydrogens is 377 g/mol. The fourth-order valence-electron chi connectivity index (χ4n) is 3.77. The minimum Gasteiger partial charge on any atom is -0.336 e. The Morgan fingerprint density at radius 3 is 2.69 bits per heavy atom. The molecule has 2 aliphatic rings. The van der Waals surface area contributed by atoms with Crippen molar-refractivity contribution in [3.05, 3.63) is 45.2 Å². The molecule has 1 amide bonds. The molecule has 1 fully saturated rings. The summed E-state index contributed by atoms with van der Waals surface area (Å²) < 4.78 is 1.55. The minimum absolute atomic E-state index is 0. The Kier molecular flexibility index (Phi) is 4.94. The Morgan fingerprint density at radius 2 is 2.00 bits per heavy atom. The molecule has 4 rings (SSSR count). The van der Waals surface area contributed by atoms with Crippen LogP contribution in [0.3, 0.4) is 0 Å². The highest BCUT2D eigenvalue weighted by Crippen LogP contribution is 2.38. The summed E-state index contributed by atoms with van der Waals surface area (Å²) in [6, 6.07) is 3.17. The van der Waals surface area contributed by atoms with E-state index in [1.807, 2.05) is 0 Å². The molecule has 2 aromatic heterocycles. The lowest BCUT2D eigenvalue weighted by atomic mass is 9.89. The lowest BCUT2D eigenvalue weighted by Crippen LogP contribution is -2.48. The number of anilines is 2. The standard InChI is InChI=1S/C17H18ClN5O2.ClH/c1-10-19-8-5-13(20-10)21-12-9-11(18)14-15(24)22-17(23(14)16(12)25)6-3-2-4-7-17;/h5,8-9H,2-4,6-7H2,1H3,(H,22,24)(H,19,20,21);1H. The molecule has 2 N–H and O–H groups in total. The summed E-state index contributed by atoms with van der Waals surface area (Å²) in [6.07, 6.45) is 6.12. The van der Waals surface area contributed by atoms with Crippen LogP contribution in [-0.4, -0.2) is 20.4 Å². The first-order valence-electron chi connectivity index (χ1n) is 8.35. The first-order valence-corrected chi connectivity index (χ1v) is 8.73. The van der Waals surface area contributed by atoms with Crippen LogP contribution < -0.4 is 16.2 Å². The van der Waals surface area contributed by atoms with E-state index in [2.05, 4.69) is 20.6 Å². The highest BCUT2D eigenvalue weighted by Gasteiger charge is 2.45. The number of pyridine rings is 1. The van der Waals surface area contributed by atoms with Crippen molar-refractivity contribution >= 4 is 41.4 Å². The molecule has 1 spiro atoms. The van der Waals surface area contributed by atoms with Gasteiger partial charge in [0.25, 0.3) is 11.5 Å². The number of carbonyl (C=O) groups is 1. The average Bonchev–Trinajstić information content (AvgIpc) is 2.85. The molecule has 0 radical (unpaired) electrons. The number of nitrogens with one attached hydrogen (secondary N) is 2. The van der Waals surface area contributed by atoms with Crippen molar-refractivity contribution < 1.29 is 4.79 Å². The second-order valence-corrected chi connectivity index (χ2v) is 6.96. The van der Waals surface area contributed by atoms with E-state index in [1.165, 1.54) is 6.07 Å². The summed E-state index contributed by atoms with van der Waals surface area (Å²) in [5.74, 6) is 0.822.